The second kappa shape index (κ2) is 3.45. The Bertz CT molecular complexity index is 465. The van der Waals surface area contributed by atoms with Crippen LogP contribution in [0.15, 0.2) is 11.1 Å². The van der Waals surface area contributed by atoms with Crippen LogP contribution in [0, 0.1) is 10.8 Å². The number of hydrogen-bond acceptors (Lipinski definition) is 0. The summed E-state index contributed by atoms with van der Waals surface area (Å²) in [6, 6.07) is 0. The summed E-state index contributed by atoms with van der Waals surface area (Å²) in [5.41, 5.74) is -15.5. The lowest BCUT2D eigenvalue weighted by Crippen LogP contribution is -2.55. The molecule has 122 valence electrons. The molecular formula is C9H2F12. The first kappa shape index (κ1) is 16.3. The van der Waals surface area contributed by atoms with E-state index >= 15 is 0 Å². The Hall–Kier alpha value is -1.10. The third-order valence-electron chi connectivity index (χ3n) is 3.77. The van der Waals surface area contributed by atoms with Gasteiger partial charge in [0.05, 0.1) is 11.1 Å². The minimum absolute atomic E-state index is 2.32. The zero-order chi connectivity index (χ0) is 16.9. The van der Waals surface area contributed by atoms with Crippen molar-refractivity contribution in [1.82, 2.24) is 0 Å². The van der Waals surface area contributed by atoms with Gasteiger partial charge in [0.2, 0.25) is 0 Å². The van der Waals surface area contributed by atoms with Gasteiger partial charge in [-0.15, -0.1) is 0 Å². The van der Waals surface area contributed by atoms with Crippen LogP contribution in [0.4, 0.5) is 52.7 Å². The molecule has 0 saturated heterocycles. The molecule has 12 heteroatoms. The van der Waals surface area contributed by atoms with Gasteiger partial charge in [-0.1, -0.05) is 0 Å². The van der Waals surface area contributed by atoms with Crippen molar-refractivity contribution < 1.29 is 52.7 Å². The van der Waals surface area contributed by atoms with Gasteiger partial charge in [-0.3, -0.25) is 0 Å². The Labute approximate surface area is 107 Å². The molecule has 2 aliphatic rings. The third-order valence-corrected chi connectivity index (χ3v) is 3.77. The van der Waals surface area contributed by atoms with Crippen molar-refractivity contribution in [3.8, 4) is 0 Å². The second-order valence-electron chi connectivity index (χ2n) is 4.73. The van der Waals surface area contributed by atoms with E-state index in [9.17, 15) is 52.7 Å². The molecule has 0 nitrogen and oxygen atoms in total. The van der Waals surface area contributed by atoms with Crippen LogP contribution in [0.3, 0.4) is 0 Å². The number of fused-ring (bicyclic) bond motifs is 1. The number of allylic oxidation sites excluding steroid dienone is 2. The van der Waals surface area contributed by atoms with Crippen molar-refractivity contribution in [2.75, 3.05) is 0 Å². The molecule has 21 heavy (non-hydrogen) atoms. The van der Waals surface area contributed by atoms with Gasteiger partial charge >= 0.3 is 24.7 Å². The molecule has 0 radical (unpaired) electrons. The van der Waals surface area contributed by atoms with Crippen LogP contribution in [0.25, 0.3) is 0 Å². The molecule has 0 amide bonds. The minimum atomic E-state index is -6.16. The van der Waals surface area contributed by atoms with Crippen LogP contribution < -0.4 is 0 Å². The third kappa shape index (κ3) is 1.61. The Morgan fingerprint density at radius 1 is 0.524 bits per heavy atom. The number of hydrogen-bond donors (Lipinski definition) is 0. The first-order valence-electron chi connectivity index (χ1n) is 4.97. The van der Waals surface area contributed by atoms with Crippen molar-refractivity contribution >= 4 is 0 Å². The van der Waals surface area contributed by atoms with E-state index in [1.54, 1.807) is 0 Å². The highest BCUT2D eigenvalue weighted by Crippen LogP contribution is 2.92. The van der Waals surface area contributed by atoms with Crippen molar-refractivity contribution in [2.45, 2.75) is 31.1 Å². The highest BCUT2D eigenvalue weighted by atomic mass is 19.4. The van der Waals surface area contributed by atoms with Crippen molar-refractivity contribution in [3.05, 3.63) is 11.1 Å². The van der Waals surface area contributed by atoms with E-state index in [0.717, 1.165) is 0 Å². The summed E-state index contributed by atoms with van der Waals surface area (Å²) in [4.78, 5) is 0. The normalized spacial score (nSPS) is 33.7. The highest BCUT2D eigenvalue weighted by Gasteiger charge is 3.01. The zero-order valence-electron chi connectivity index (χ0n) is 9.24. The van der Waals surface area contributed by atoms with Crippen LogP contribution in [0.5, 0.6) is 0 Å². The van der Waals surface area contributed by atoms with E-state index in [-0.39, 0.29) is 0 Å². The first-order valence-corrected chi connectivity index (χ1v) is 4.97. The molecule has 2 aliphatic carbocycles. The summed E-state index contributed by atoms with van der Waals surface area (Å²) < 4.78 is 151. The molecule has 0 aromatic carbocycles. The Morgan fingerprint density at radius 3 is 0.905 bits per heavy atom. The average molecular weight is 338 g/mol. The predicted molar refractivity (Wildman–Crippen MR) is 40.7 cm³/mol. The summed E-state index contributed by atoms with van der Waals surface area (Å²) in [7, 11) is 0. The molecule has 0 heterocycles. The SMILES string of the molecule is FC(F)(F)C1=C(C(F)(F)F)C2(C(F)(F)F)CC12C(F)(F)F. The molecule has 0 bridgehead atoms. The van der Waals surface area contributed by atoms with Crippen molar-refractivity contribution in [3.63, 3.8) is 0 Å². The van der Waals surface area contributed by atoms with Gasteiger partial charge in [-0.2, -0.15) is 52.7 Å². The fourth-order valence-corrected chi connectivity index (χ4v) is 3.06. The smallest absolute Gasteiger partial charge is 0.170 e. The Morgan fingerprint density at radius 2 is 0.762 bits per heavy atom. The average Bonchev–Trinajstić information content (AvgIpc) is 2.61. The van der Waals surface area contributed by atoms with Gasteiger partial charge in [0, 0.05) is 0 Å². The summed E-state index contributed by atoms with van der Waals surface area (Å²) in [6.45, 7) is 0. The molecule has 1 fully saturated rings. The largest absolute Gasteiger partial charge is 0.413 e. The lowest BCUT2D eigenvalue weighted by atomic mass is 9.66. The molecule has 0 N–H and O–H groups in total. The summed E-state index contributed by atoms with van der Waals surface area (Å²) in [5, 5.41) is 0. The standard InChI is InChI=1S/C9H2F12/c10-6(11,12)2-3(7(13,14)15)5(9(19,20)21)1-4(2,5)8(16,17)18/h1H2. The van der Waals surface area contributed by atoms with Crippen molar-refractivity contribution in [1.29, 1.82) is 0 Å². The summed E-state index contributed by atoms with van der Waals surface area (Å²) in [5.74, 6) is 0. The lowest BCUT2D eigenvalue weighted by Gasteiger charge is -2.43. The van der Waals surface area contributed by atoms with Crippen molar-refractivity contribution in [2.24, 2.45) is 10.8 Å². The van der Waals surface area contributed by atoms with Gasteiger partial charge in [0.15, 0.2) is 0 Å². The fourth-order valence-electron chi connectivity index (χ4n) is 3.06. The highest BCUT2D eigenvalue weighted by molar-refractivity contribution is 5.61. The first-order chi connectivity index (χ1) is 8.95. The van der Waals surface area contributed by atoms with Crippen LogP contribution in [-0.4, -0.2) is 24.7 Å². The number of halogens is 12. The Kier molecular flexibility index (Phi) is 2.67. The van der Waals surface area contributed by atoms with Crippen LogP contribution in [-0.2, 0) is 0 Å². The minimum Gasteiger partial charge on any atom is -0.170 e. The molecule has 1 saturated carbocycles. The fraction of sp³-hybridized carbons (Fsp3) is 0.778. The van der Waals surface area contributed by atoms with E-state index in [4.69, 9.17) is 0 Å². The maximum atomic E-state index is 12.6. The summed E-state index contributed by atoms with van der Waals surface area (Å²) in [6.07, 6.45) is -26.8. The van der Waals surface area contributed by atoms with E-state index in [1.807, 2.05) is 0 Å². The van der Waals surface area contributed by atoms with Gasteiger partial charge in [0.1, 0.15) is 10.8 Å². The predicted octanol–water partition coefficient (Wildman–Crippen LogP) is 4.92. The van der Waals surface area contributed by atoms with E-state index < -0.39 is 53.1 Å². The van der Waals surface area contributed by atoms with Crippen LogP contribution in [0.1, 0.15) is 6.42 Å². The summed E-state index contributed by atoms with van der Waals surface area (Å²) >= 11 is 0. The molecule has 0 aromatic heterocycles. The quantitative estimate of drug-likeness (QED) is 0.434. The topological polar surface area (TPSA) is 0 Å². The second-order valence-corrected chi connectivity index (χ2v) is 4.73. The molecule has 0 spiro atoms. The van der Waals surface area contributed by atoms with Crippen LogP contribution in [0.2, 0.25) is 0 Å². The van der Waals surface area contributed by atoms with E-state index in [2.05, 4.69) is 0 Å². The van der Waals surface area contributed by atoms with E-state index in [0.29, 0.717) is 0 Å². The number of alkyl halides is 12. The van der Waals surface area contributed by atoms with Crippen LogP contribution >= 0.6 is 0 Å². The molecule has 0 aliphatic heterocycles. The molecular weight excluding hydrogens is 336 g/mol. The zero-order valence-corrected chi connectivity index (χ0v) is 9.24. The molecule has 2 atom stereocenters. The molecule has 2 unspecified atom stereocenters. The Balaban J connectivity index is 2.79. The maximum Gasteiger partial charge on any atom is 0.413 e. The lowest BCUT2D eigenvalue weighted by molar-refractivity contribution is -0.277. The maximum absolute atomic E-state index is 12.6. The molecule has 0 aromatic rings. The van der Waals surface area contributed by atoms with E-state index in [1.165, 1.54) is 0 Å². The molecule has 2 rings (SSSR count). The van der Waals surface area contributed by atoms with Gasteiger partial charge in [-0.05, 0) is 6.42 Å². The van der Waals surface area contributed by atoms with Gasteiger partial charge < -0.3 is 0 Å². The number of rotatable bonds is 0. The van der Waals surface area contributed by atoms with Gasteiger partial charge in [-0.25, -0.2) is 0 Å². The van der Waals surface area contributed by atoms with Gasteiger partial charge in [0.25, 0.3) is 0 Å². The monoisotopic (exact) mass is 338 g/mol.